The largest absolute Gasteiger partial charge is 0.395 e. The molecular formula is C18H26N2O. The molecule has 1 heterocycles. The molecule has 0 radical (unpaired) electrons. The molecular weight excluding hydrogens is 260 g/mol. The Kier molecular flexibility index (Phi) is 6.25. The summed E-state index contributed by atoms with van der Waals surface area (Å²) in [6, 6.07) is 8.32. The van der Waals surface area contributed by atoms with Gasteiger partial charge in [-0.2, -0.15) is 0 Å². The lowest BCUT2D eigenvalue weighted by Crippen LogP contribution is -2.27. The van der Waals surface area contributed by atoms with Gasteiger partial charge in [-0.1, -0.05) is 30.0 Å². The highest BCUT2D eigenvalue weighted by Crippen LogP contribution is 2.17. The third-order valence-electron chi connectivity index (χ3n) is 3.98. The van der Waals surface area contributed by atoms with Crippen molar-refractivity contribution in [2.24, 2.45) is 5.92 Å². The molecule has 0 aliphatic carbocycles. The van der Waals surface area contributed by atoms with Crippen LogP contribution in [0.5, 0.6) is 0 Å². The summed E-state index contributed by atoms with van der Waals surface area (Å²) >= 11 is 0. The third-order valence-corrected chi connectivity index (χ3v) is 3.98. The van der Waals surface area contributed by atoms with E-state index in [2.05, 4.69) is 53.9 Å². The van der Waals surface area contributed by atoms with Crippen LogP contribution >= 0.6 is 0 Å². The first-order valence-corrected chi connectivity index (χ1v) is 7.73. The Bertz CT molecular complexity index is 503. The lowest BCUT2D eigenvalue weighted by Gasteiger charge is -2.21. The highest BCUT2D eigenvalue weighted by Gasteiger charge is 2.20. The first-order chi connectivity index (χ1) is 10.2. The Labute approximate surface area is 128 Å². The molecule has 1 N–H and O–H groups in total. The summed E-state index contributed by atoms with van der Waals surface area (Å²) in [5, 5.41) is 8.83. The molecule has 0 saturated carbocycles. The second-order valence-corrected chi connectivity index (χ2v) is 6.05. The zero-order chi connectivity index (χ0) is 15.1. The van der Waals surface area contributed by atoms with Gasteiger partial charge in [0.05, 0.1) is 6.61 Å². The second-order valence-electron chi connectivity index (χ2n) is 6.05. The van der Waals surface area contributed by atoms with Crippen LogP contribution in [-0.4, -0.2) is 55.2 Å². The predicted octanol–water partition coefficient (Wildman–Crippen LogP) is 1.80. The summed E-state index contributed by atoms with van der Waals surface area (Å²) in [6.45, 7) is 4.64. The van der Waals surface area contributed by atoms with Gasteiger partial charge in [0.15, 0.2) is 0 Å². The minimum absolute atomic E-state index is 0.129. The molecule has 0 aromatic heterocycles. The number of aliphatic hydroxyl groups is 1. The summed E-state index contributed by atoms with van der Waals surface area (Å²) in [7, 11) is 4.39. The molecule has 1 unspecified atom stereocenters. The maximum absolute atomic E-state index is 8.83. The van der Waals surface area contributed by atoms with Gasteiger partial charge in [-0.15, -0.1) is 0 Å². The highest BCUT2D eigenvalue weighted by molar-refractivity contribution is 5.41. The van der Waals surface area contributed by atoms with Crippen LogP contribution in [0.1, 0.15) is 24.0 Å². The van der Waals surface area contributed by atoms with Crippen molar-refractivity contribution in [3.63, 3.8) is 0 Å². The average molecular weight is 286 g/mol. The van der Waals surface area contributed by atoms with E-state index in [1.807, 2.05) is 6.07 Å². The number of benzene rings is 1. The Morgan fingerprint density at radius 2 is 2.19 bits per heavy atom. The maximum atomic E-state index is 8.83. The fraction of sp³-hybridized carbons (Fsp3) is 0.556. The Morgan fingerprint density at radius 3 is 2.90 bits per heavy atom. The van der Waals surface area contributed by atoms with Crippen molar-refractivity contribution >= 4 is 0 Å². The van der Waals surface area contributed by atoms with Crippen LogP contribution in [0.3, 0.4) is 0 Å². The van der Waals surface area contributed by atoms with Crippen molar-refractivity contribution in [2.75, 3.05) is 40.3 Å². The van der Waals surface area contributed by atoms with Gasteiger partial charge in [0, 0.05) is 31.6 Å². The Balaban J connectivity index is 1.94. The summed E-state index contributed by atoms with van der Waals surface area (Å²) in [4.78, 5) is 4.81. The van der Waals surface area contributed by atoms with E-state index >= 15 is 0 Å². The highest BCUT2D eigenvalue weighted by atomic mass is 16.2. The number of hydrogen-bond acceptors (Lipinski definition) is 3. The molecule has 1 saturated heterocycles. The van der Waals surface area contributed by atoms with E-state index in [0.29, 0.717) is 6.42 Å². The van der Waals surface area contributed by atoms with Crippen molar-refractivity contribution in [1.82, 2.24) is 9.80 Å². The fourth-order valence-electron chi connectivity index (χ4n) is 2.97. The summed E-state index contributed by atoms with van der Waals surface area (Å²) in [5.74, 6) is 6.98. The molecule has 1 fully saturated rings. The zero-order valence-electron chi connectivity index (χ0n) is 13.2. The van der Waals surface area contributed by atoms with Crippen LogP contribution in [-0.2, 0) is 6.54 Å². The lowest BCUT2D eigenvalue weighted by molar-refractivity contribution is 0.267. The van der Waals surface area contributed by atoms with E-state index in [-0.39, 0.29) is 6.61 Å². The molecule has 1 aromatic rings. The first-order valence-electron chi connectivity index (χ1n) is 7.73. The van der Waals surface area contributed by atoms with Crippen LogP contribution in [0.25, 0.3) is 0 Å². The van der Waals surface area contributed by atoms with Gasteiger partial charge in [0.2, 0.25) is 0 Å². The third kappa shape index (κ3) is 5.17. The van der Waals surface area contributed by atoms with E-state index in [1.165, 1.54) is 25.1 Å². The molecule has 0 spiro atoms. The van der Waals surface area contributed by atoms with Gasteiger partial charge in [0.25, 0.3) is 0 Å². The molecule has 21 heavy (non-hydrogen) atoms. The van der Waals surface area contributed by atoms with E-state index < -0.39 is 0 Å². The van der Waals surface area contributed by atoms with Crippen LogP contribution in [0.2, 0.25) is 0 Å². The quantitative estimate of drug-likeness (QED) is 0.836. The minimum Gasteiger partial charge on any atom is -0.395 e. The van der Waals surface area contributed by atoms with Crippen molar-refractivity contribution < 1.29 is 5.11 Å². The minimum atomic E-state index is 0.129. The lowest BCUT2D eigenvalue weighted by atomic mass is 10.1. The molecule has 1 aliphatic heterocycles. The maximum Gasteiger partial charge on any atom is 0.0540 e. The van der Waals surface area contributed by atoms with Crippen molar-refractivity contribution in [1.29, 1.82) is 0 Å². The Morgan fingerprint density at radius 1 is 1.38 bits per heavy atom. The molecule has 3 heteroatoms. The van der Waals surface area contributed by atoms with Crippen LogP contribution < -0.4 is 0 Å². The standard InChI is InChI=1S/C18H26N2O/c1-19-11-10-16(13-19)14-20(2)15-18-9-4-3-7-17(18)8-5-6-12-21/h3-4,7,9,16,21H,6,10-15H2,1-2H3. The Hall–Kier alpha value is -1.34. The molecule has 1 aliphatic rings. The van der Waals surface area contributed by atoms with Crippen molar-refractivity contribution in [3.8, 4) is 11.8 Å². The van der Waals surface area contributed by atoms with Crippen molar-refractivity contribution in [3.05, 3.63) is 35.4 Å². The van der Waals surface area contributed by atoms with E-state index in [9.17, 15) is 0 Å². The van der Waals surface area contributed by atoms with Crippen LogP contribution in [0, 0.1) is 17.8 Å². The summed E-state index contributed by atoms with van der Waals surface area (Å²) in [6.07, 6.45) is 1.84. The SMILES string of the molecule is CN1CCC(CN(C)Cc2ccccc2C#CCCO)C1. The molecule has 1 aromatic carbocycles. The monoisotopic (exact) mass is 286 g/mol. The molecule has 0 amide bonds. The van der Waals surface area contributed by atoms with Gasteiger partial charge < -0.3 is 14.9 Å². The van der Waals surface area contributed by atoms with Crippen LogP contribution in [0.15, 0.2) is 24.3 Å². The van der Waals surface area contributed by atoms with Gasteiger partial charge in [-0.25, -0.2) is 0 Å². The van der Waals surface area contributed by atoms with Crippen LogP contribution in [0.4, 0.5) is 0 Å². The number of hydrogen-bond donors (Lipinski definition) is 1. The van der Waals surface area contributed by atoms with Crippen molar-refractivity contribution in [2.45, 2.75) is 19.4 Å². The molecule has 3 nitrogen and oxygen atoms in total. The number of rotatable bonds is 5. The average Bonchev–Trinajstić information content (AvgIpc) is 2.86. The number of nitrogens with zero attached hydrogens (tertiary/aromatic N) is 2. The van der Waals surface area contributed by atoms with Gasteiger partial charge >= 0.3 is 0 Å². The summed E-state index contributed by atoms with van der Waals surface area (Å²) in [5.41, 5.74) is 2.36. The summed E-state index contributed by atoms with van der Waals surface area (Å²) < 4.78 is 0. The van der Waals surface area contributed by atoms with E-state index in [0.717, 1.165) is 24.6 Å². The molecule has 1 atom stereocenters. The fourth-order valence-corrected chi connectivity index (χ4v) is 2.97. The molecule has 0 bridgehead atoms. The molecule has 2 rings (SSSR count). The first kappa shape index (κ1) is 16.0. The zero-order valence-corrected chi connectivity index (χ0v) is 13.2. The second kappa shape index (κ2) is 8.19. The molecule has 114 valence electrons. The predicted molar refractivity (Wildman–Crippen MR) is 87.0 cm³/mol. The number of likely N-dealkylation sites (tertiary alicyclic amines) is 1. The van der Waals surface area contributed by atoms with E-state index in [4.69, 9.17) is 5.11 Å². The van der Waals surface area contributed by atoms with E-state index in [1.54, 1.807) is 0 Å². The topological polar surface area (TPSA) is 26.7 Å². The number of aliphatic hydroxyl groups excluding tert-OH is 1. The van der Waals surface area contributed by atoms with Gasteiger partial charge in [-0.05, 0) is 44.6 Å². The van der Waals surface area contributed by atoms with Gasteiger partial charge in [0.1, 0.15) is 0 Å². The normalized spacial score (nSPS) is 18.8. The smallest absolute Gasteiger partial charge is 0.0540 e. The van der Waals surface area contributed by atoms with Gasteiger partial charge in [-0.3, -0.25) is 0 Å².